The molecule has 0 bridgehead atoms. The second-order valence-corrected chi connectivity index (χ2v) is 6.50. The topological polar surface area (TPSA) is 85.1 Å². The number of nitro groups is 1. The molecule has 0 unspecified atom stereocenters. The molecule has 1 heterocycles. The fourth-order valence-corrected chi connectivity index (χ4v) is 3.18. The molecule has 0 fully saturated rings. The predicted molar refractivity (Wildman–Crippen MR) is 98.3 cm³/mol. The van der Waals surface area contributed by atoms with Crippen molar-refractivity contribution in [1.82, 2.24) is 4.98 Å². The van der Waals surface area contributed by atoms with E-state index in [0.29, 0.717) is 32.5 Å². The summed E-state index contributed by atoms with van der Waals surface area (Å²) >= 11 is 7.24. The van der Waals surface area contributed by atoms with Gasteiger partial charge in [-0.2, -0.15) is 0 Å². The molecule has 3 rings (SSSR count). The van der Waals surface area contributed by atoms with Gasteiger partial charge in [0.25, 0.3) is 11.6 Å². The molecule has 0 aliphatic carbocycles. The van der Waals surface area contributed by atoms with Crippen LogP contribution in [0.15, 0.2) is 47.8 Å². The van der Waals surface area contributed by atoms with E-state index >= 15 is 0 Å². The van der Waals surface area contributed by atoms with Crippen molar-refractivity contribution in [3.8, 4) is 11.3 Å². The number of nitrogens with one attached hydrogen (secondary N) is 1. The van der Waals surface area contributed by atoms with Gasteiger partial charge in [-0.1, -0.05) is 35.9 Å². The summed E-state index contributed by atoms with van der Waals surface area (Å²) in [5.41, 5.74) is 2.14. The van der Waals surface area contributed by atoms with Crippen molar-refractivity contribution in [3.63, 3.8) is 0 Å². The van der Waals surface area contributed by atoms with Crippen molar-refractivity contribution in [1.29, 1.82) is 0 Å². The van der Waals surface area contributed by atoms with Crippen molar-refractivity contribution >= 4 is 39.7 Å². The van der Waals surface area contributed by atoms with E-state index in [-0.39, 0.29) is 11.6 Å². The molecule has 126 valence electrons. The fraction of sp³-hybridized carbons (Fsp3) is 0.0588. The van der Waals surface area contributed by atoms with Crippen molar-refractivity contribution in [3.05, 3.63) is 74.1 Å². The highest BCUT2D eigenvalue weighted by molar-refractivity contribution is 7.14. The molecule has 0 atom stereocenters. The number of carbonyl (C=O) groups excluding carboxylic acids is 1. The van der Waals surface area contributed by atoms with Crippen LogP contribution >= 0.6 is 22.9 Å². The summed E-state index contributed by atoms with van der Waals surface area (Å²) in [5, 5.41) is 16.2. The van der Waals surface area contributed by atoms with E-state index in [9.17, 15) is 14.9 Å². The van der Waals surface area contributed by atoms with Crippen LogP contribution in [0.1, 0.15) is 15.9 Å². The number of benzene rings is 2. The molecule has 0 aliphatic rings. The molecular formula is C17H12ClN3O3S. The van der Waals surface area contributed by atoms with Gasteiger partial charge in [0, 0.05) is 22.6 Å². The Bertz CT molecular complexity index is 971. The fourth-order valence-electron chi connectivity index (χ4n) is 2.24. The van der Waals surface area contributed by atoms with Crippen LogP contribution in [0.25, 0.3) is 11.3 Å². The van der Waals surface area contributed by atoms with E-state index in [4.69, 9.17) is 11.6 Å². The number of rotatable bonds is 4. The number of nitro benzene ring substituents is 1. The molecule has 1 N–H and O–H groups in total. The summed E-state index contributed by atoms with van der Waals surface area (Å²) in [6.45, 7) is 1.68. The predicted octanol–water partition coefficient (Wildman–Crippen LogP) is 4.93. The van der Waals surface area contributed by atoms with Crippen molar-refractivity contribution in [2.45, 2.75) is 6.92 Å². The van der Waals surface area contributed by atoms with E-state index in [2.05, 4.69) is 10.3 Å². The summed E-state index contributed by atoms with van der Waals surface area (Å²) in [4.78, 5) is 27.2. The highest BCUT2D eigenvalue weighted by Crippen LogP contribution is 2.29. The summed E-state index contributed by atoms with van der Waals surface area (Å²) < 4.78 is 0. The maximum Gasteiger partial charge on any atom is 0.272 e. The number of carbonyl (C=O) groups is 1. The maximum atomic E-state index is 12.3. The van der Waals surface area contributed by atoms with Crippen LogP contribution in [0.3, 0.4) is 0 Å². The number of thiazole rings is 1. The lowest BCUT2D eigenvalue weighted by molar-refractivity contribution is -0.385. The van der Waals surface area contributed by atoms with Gasteiger partial charge in [-0.15, -0.1) is 11.3 Å². The van der Waals surface area contributed by atoms with Gasteiger partial charge in [0.1, 0.15) is 0 Å². The number of hydrogen-bond acceptors (Lipinski definition) is 5. The van der Waals surface area contributed by atoms with Crippen LogP contribution < -0.4 is 5.32 Å². The standard InChI is InChI=1S/C17H12ClN3O3S/c1-10-6-7-11(8-15(10)21(23)24)14-9-25-17(19-14)20-16(22)12-4-2-3-5-13(12)18/h2-9H,1H3,(H,19,20,22). The number of anilines is 1. The van der Waals surface area contributed by atoms with Crippen molar-refractivity contribution < 1.29 is 9.72 Å². The molecule has 1 amide bonds. The third kappa shape index (κ3) is 3.67. The van der Waals surface area contributed by atoms with E-state index < -0.39 is 4.92 Å². The van der Waals surface area contributed by atoms with E-state index in [0.717, 1.165) is 0 Å². The molecule has 3 aromatic rings. The van der Waals surface area contributed by atoms with Crippen LogP contribution in [0.2, 0.25) is 5.02 Å². The first kappa shape index (κ1) is 17.1. The molecule has 0 saturated carbocycles. The van der Waals surface area contributed by atoms with Crippen LogP contribution in [0.5, 0.6) is 0 Å². The van der Waals surface area contributed by atoms with E-state index in [1.165, 1.54) is 17.4 Å². The van der Waals surface area contributed by atoms with Gasteiger partial charge in [-0.05, 0) is 19.1 Å². The molecule has 6 nitrogen and oxygen atoms in total. The SMILES string of the molecule is Cc1ccc(-c2csc(NC(=O)c3ccccc3Cl)n2)cc1[N+](=O)[O-]. The highest BCUT2D eigenvalue weighted by Gasteiger charge is 2.15. The lowest BCUT2D eigenvalue weighted by Crippen LogP contribution is -2.12. The quantitative estimate of drug-likeness (QED) is 0.518. The van der Waals surface area contributed by atoms with Crippen LogP contribution in [-0.4, -0.2) is 15.8 Å². The Labute approximate surface area is 152 Å². The lowest BCUT2D eigenvalue weighted by Gasteiger charge is -2.03. The second kappa shape index (κ2) is 7.00. The monoisotopic (exact) mass is 373 g/mol. The Morgan fingerprint density at radius 2 is 2.04 bits per heavy atom. The van der Waals surface area contributed by atoms with Crippen molar-refractivity contribution in [2.75, 3.05) is 5.32 Å². The lowest BCUT2D eigenvalue weighted by atomic mass is 10.1. The Balaban J connectivity index is 1.84. The van der Waals surface area contributed by atoms with Gasteiger partial charge in [-0.25, -0.2) is 4.98 Å². The Morgan fingerprint density at radius 3 is 2.76 bits per heavy atom. The number of halogens is 1. The molecule has 0 aliphatic heterocycles. The van der Waals surface area contributed by atoms with Crippen molar-refractivity contribution in [2.24, 2.45) is 0 Å². The van der Waals surface area contributed by atoms with Gasteiger partial charge in [0.2, 0.25) is 0 Å². The van der Waals surface area contributed by atoms with Gasteiger partial charge in [0.05, 0.1) is 21.2 Å². The molecule has 25 heavy (non-hydrogen) atoms. The van der Waals surface area contributed by atoms with Gasteiger partial charge in [0.15, 0.2) is 5.13 Å². The second-order valence-electron chi connectivity index (χ2n) is 5.23. The molecule has 0 saturated heterocycles. The number of aryl methyl sites for hydroxylation is 1. The third-order valence-electron chi connectivity index (χ3n) is 3.54. The minimum Gasteiger partial charge on any atom is -0.298 e. The Morgan fingerprint density at radius 1 is 1.28 bits per heavy atom. The highest BCUT2D eigenvalue weighted by atomic mass is 35.5. The Hall–Kier alpha value is -2.77. The summed E-state index contributed by atoms with van der Waals surface area (Å²) in [6, 6.07) is 11.6. The maximum absolute atomic E-state index is 12.3. The molecule has 8 heteroatoms. The average molecular weight is 374 g/mol. The summed E-state index contributed by atoms with van der Waals surface area (Å²) in [5.74, 6) is -0.360. The zero-order chi connectivity index (χ0) is 18.0. The number of nitrogens with zero attached hydrogens (tertiary/aromatic N) is 2. The molecule has 1 aromatic heterocycles. The van der Waals surface area contributed by atoms with Gasteiger partial charge in [-0.3, -0.25) is 20.2 Å². The first-order chi connectivity index (χ1) is 12.0. The summed E-state index contributed by atoms with van der Waals surface area (Å²) in [7, 11) is 0. The van der Waals surface area contributed by atoms with E-state index in [1.54, 1.807) is 48.7 Å². The Kier molecular flexibility index (Phi) is 4.78. The average Bonchev–Trinajstić information content (AvgIpc) is 3.03. The third-order valence-corrected chi connectivity index (χ3v) is 4.63. The molecule has 2 aromatic carbocycles. The minimum atomic E-state index is -0.425. The smallest absolute Gasteiger partial charge is 0.272 e. The molecular weight excluding hydrogens is 362 g/mol. The van der Waals surface area contributed by atoms with Crippen LogP contribution in [-0.2, 0) is 0 Å². The molecule has 0 radical (unpaired) electrons. The van der Waals surface area contributed by atoms with Crippen LogP contribution in [0, 0.1) is 17.0 Å². The number of aromatic nitrogens is 1. The zero-order valence-corrected chi connectivity index (χ0v) is 14.6. The normalized spacial score (nSPS) is 10.5. The number of hydrogen-bond donors (Lipinski definition) is 1. The molecule has 0 spiro atoms. The largest absolute Gasteiger partial charge is 0.298 e. The zero-order valence-electron chi connectivity index (χ0n) is 13.0. The first-order valence-corrected chi connectivity index (χ1v) is 8.48. The first-order valence-electron chi connectivity index (χ1n) is 7.22. The van der Waals surface area contributed by atoms with E-state index in [1.807, 2.05) is 0 Å². The van der Waals surface area contributed by atoms with Gasteiger partial charge >= 0.3 is 0 Å². The minimum absolute atomic E-state index is 0.0344. The summed E-state index contributed by atoms with van der Waals surface area (Å²) in [6.07, 6.45) is 0. The number of amides is 1. The van der Waals surface area contributed by atoms with Gasteiger partial charge < -0.3 is 0 Å². The van der Waals surface area contributed by atoms with Crippen LogP contribution in [0.4, 0.5) is 10.8 Å².